The van der Waals surface area contributed by atoms with Crippen LogP contribution in [0.2, 0.25) is 0 Å². The maximum absolute atomic E-state index is 4.21. The maximum Gasteiger partial charge on any atom is 0.122 e. The Morgan fingerprint density at radius 2 is 2.47 bits per heavy atom. The fraction of sp³-hybridized carbons (Fsp3) is 0.364. The average Bonchev–Trinajstić information content (AvgIpc) is 2.84. The number of rotatable bonds is 4. The van der Waals surface area contributed by atoms with Crippen LogP contribution in [0.4, 0.5) is 0 Å². The predicted molar refractivity (Wildman–Crippen MR) is 59.3 cm³/mol. The van der Waals surface area contributed by atoms with Gasteiger partial charge in [-0.05, 0) is 18.6 Å². The lowest BCUT2D eigenvalue weighted by atomic mass is 10.3. The van der Waals surface area contributed by atoms with Gasteiger partial charge in [-0.3, -0.25) is 0 Å². The van der Waals surface area contributed by atoms with Gasteiger partial charge in [-0.15, -0.1) is 0 Å². The molecule has 0 aliphatic rings. The van der Waals surface area contributed by atoms with E-state index in [9.17, 15) is 0 Å². The van der Waals surface area contributed by atoms with Gasteiger partial charge in [-0.2, -0.15) is 0 Å². The zero-order valence-electron chi connectivity index (χ0n) is 9.07. The lowest BCUT2D eigenvalue weighted by Crippen LogP contribution is -2.18. The van der Waals surface area contributed by atoms with Crippen LogP contribution in [0.5, 0.6) is 0 Å². The van der Waals surface area contributed by atoms with Crippen LogP contribution < -0.4 is 5.32 Å². The summed E-state index contributed by atoms with van der Waals surface area (Å²) in [5.74, 6) is 0.978. The number of hydrogen-bond donors (Lipinski definition) is 2. The molecule has 1 atom stereocenters. The SMILES string of the molecule is CC(NCc1ccn(C)c1)c1ncc[nH]1. The van der Waals surface area contributed by atoms with Crippen LogP contribution in [0.15, 0.2) is 30.9 Å². The molecule has 2 aromatic heterocycles. The summed E-state index contributed by atoms with van der Waals surface area (Å²) in [6.45, 7) is 2.96. The molecule has 4 nitrogen and oxygen atoms in total. The summed E-state index contributed by atoms with van der Waals surface area (Å²) in [5, 5.41) is 3.41. The van der Waals surface area contributed by atoms with Gasteiger partial charge in [0.15, 0.2) is 0 Å². The Labute approximate surface area is 89.3 Å². The summed E-state index contributed by atoms with van der Waals surface area (Å²) in [5.41, 5.74) is 1.29. The Bertz CT molecular complexity index is 402. The topological polar surface area (TPSA) is 45.6 Å². The number of H-pyrrole nitrogens is 1. The first kappa shape index (κ1) is 9.98. The molecule has 0 fully saturated rings. The van der Waals surface area contributed by atoms with Gasteiger partial charge in [0.05, 0.1) is 6.04 Å². The molecule has 0 amide bonds. The number of aromatic nitrogens is 3. The van der Waals surface area contributed by atoms with Crippen molar-refractivity contribution >= 4 is 0 Å². The molecule has 0 aliphatic carbocycles. The van der Waals surface area contributed by atoms with Gasteiger partial charge < -0.3 is 14.9 Å². The Kier molecular flexibility index (Phi) is 2.87. The smallest absolute Gasteiger partial charge is 0.122 e. The molecule has 0 saturated carbocycles. The molecule has 0 saturated heterocycles. The molecular weight excluding hydrogens is 188 g/mol. The van der Waals surface area contributed by atoms with Crippen molar-refractivity contribution in [2.75, 3.05) is 0 Å². The van der Waals surface area contributed by atoms with Gasteiger partial charge >= 0.3 is 0 Å². The summed E-state index contributed by atoms with van der Waals surface area (Å²) < 4.78 is 2.05. The average molecular weight is 204 g/mol. The molecule has 80 valence electrons. The number of nitrogens with one attached hydrogen (secondary N) is 2. The van der Waals surface area contributed by atoms with E-state index < -0.39 is 0 Å². The number of aryl methyl sites for hydroxylation is 1. The second-order valence-corrected chi connectivity index (χ2v) is 3.76. The minimum Gasteiger partial charge on any atom is -0.357 e. The van der Waals surface area contributed by atoms with Crippen LogP contribution in [0.3, 0.4) is 0 Å². The van der Waals surface area contributed by atoms with Crippen molar-refractivity contribution in [2.45, 2.75) is 19.5 Å². The number of nitrogens with zero attached hydrogens (tertiary/aromatic N) is 2. The number of hydrogen-bond acceptors (Lipinski definition) is 2. The first-order valence-corrected chi connectivity index (χ1v) is 5.09. The van der Waals surface area contributed by atoms with Crippen molar-refractivity contribution in [3.05, 3.63) is 42.2 Å². The highest BCUT2D eigenvalue weighted by Crippen LogP contribution is 2.07. The summed E-state index contributed by atoms with van der Waals surface area (Å²) in [7, 11) is 2.03. The van der Waals surface area contributed by atoms with E-state index in [0.29, 0.717) is 0 Å². The van der Waals surface area contributed by atoms with Crippen LogP contribution in [-0.2, 0) is 13.6 Å². The zero-order valence-corrected chi connectivity index (χ0v) is 9.07. The van der Waals surface area contributed by atoms with Gasteiger partial charge in [-0.25, -0.2) is 4.98 Å². The highest BCUT2D eigenvalue weighted by Gasteiger charge is 2.06. The molecule has 0 aromatic carbocycles. The third kappa shape index (κ3) is 2.47. The van der Waals surface area contributed by atoms with Gasteiger partial charge in [0.2, 0.25) is 0 Å². The van der Waals surface area contributed by atoms with E-state index in [1.807, 2.05) is 13.2 Å². The Hall–Kier alpha value is -1.55. The van der Waals surface area contributed by atoms with Crippen molar-refractivity contribution < 1.29 is 0 Å². The largest absolute Gasteiger partial charge is 0.357 e. The molecule has 1 unspecified atom stereocenters. The van der Waals surface area contributed by atoms with Crippen molar-refractivity contribution in [1.29, 1.82) is 0 Å². The molecule has 2 heterocycles. The van der Waals surface area contributed by atoms with Crippen molar-refractivity contribution in [2.24, 2.45) is 7.05 Å². The predicted octanol–water partition coefficient (Wildman–Crippen LogP) is 1.60. The number of imidazole rings is 1. The fourth-order valence-electron chi connectivity index (χ4n) is 1.55. The highest BCUT2D eigenvalue weighted by atomic mass is 15.0. The van der Waals surface area contributed by atoms with E-state index in [1.54, 1.807) is 6.20 Å². The Balaban J connectivity index is 1.88. The monoisotopic (exact) mass is 204 g/mol. The third-order valence-electron chi connectivity index (χ3n) is 2.44. The quantitative estimate of drug-likeness (QED) is 0.794. The normalized spacial score (nSPS) is 12.9. The van der Waals surface area contributed by atoms with Crippen LogP contribution >= 0.6 is 0 Å². The van der Waals surface area contributed by atoms with Gasteiger partial charge in [-0.1, -0.05) is 0 Å². The van der Waals surface area contributed by atoms with E-state index in [4.69, 9.17) is 0 Å². The molecule has 4 heteroatoms. The van der Waals surface area contributed by atoms with Crippen molar-refractivity contribution in [3.63, 3.8) is 0 Å². The van der Waals surface area contributed by atoms with Gasteiger partial charge in [0.1, 0.15) is 5.82 Å². The summed E-state index contributed by atoms with van der Waals surface area (Å²) in [4.78, 5) is 7.31. The summed E-state index contributed by atoms with van der Waals surface area (Å²) in [6.07, 6.45) is 7.78. The second-order valence-electron chi connectivity index (χ2n) is 3.76. The van der Waals surface area contributed by atoms with Crippen LogP contribution in [-0.4, -0.2) is 14.5 Å². The van der Waals surface area contributed by atoms with Crippen LogP contribution in [0, 0.1) is 0 Å². The Morgan fingerprint density at radius 1 is 1.60 bits per heavy atom. The molecule has 2 aromatic rings. The summed E-state index contributed by atoms with van der Waals surface area (Å²) >= 11 is 0. The summed E-state index contributed by atoms with van der Waals surface area (Å²) in [6, 6.07) is 2.36. The zero-order chi connectivity index (χ0) is 10.7. The van der Waals surface area contributed by atoms with E-state index in [1.165, 1.54) is 5.56 Å². The van der Waals surface area contributed by atoms with Gasteiger partial charge in [0.25, 0.3) is 0 Å². The lowest BCUT2D eigenvalue weighted by Gasteiger charge is -2.09. The third-order valence-corrected chi connectivity index (χ3v) is 2.44. The van der Waals surface area contributed by atoms with Crippen LogP contribution in [0.25, 0.3) is 0 Å². The molecular formula is C11H16N4. The molecule has 2 N–H and O–H groups in total. The molecule has 0 bridgehead atoms. The van der Waals surface area contributed by atoms with Gasteiger partial charge in [0, 0.05) is 38.4 Å². The molecule has 15 heavy (non-hydrogen) atoms. The standard InChI is InChI=1S/C11H16N4/c1-9(11-12-4-5-13-11)14-7-10-3-6-15(2)8-10/h3-6,8-9,14H,7H2,1-2H3,(H,12,13). The van der Waals surface area contributed by atoms with E-state index in [0.717, 1.165) is 12.4 Å². The van der Waals surface area contributed by atoms with E-state index in [-0.39, 0.29) is 6.04 Å². The fourth-order valence-corrected chi connectivity index (χ4v) is 1.55. The molecule has 0 spiro atoms. The minimum absolute atomic E-state index is 0.250. The van der Waals surface area contributed by atoms with Crippen LogP contribution in [0.1, 0.15) is 24.4 Å². The van der Waals surface area contributed by atoms with E-state index in [2.05, 4.69) is 45.2 Å². The van der Waals surface area contributed by atoms with Crippen molar-refractivity contribution in [1.82, 2.24) is 19.9 Å². The molecule has 0 aliphatic heterocycles. The maximum atomic E-state index is 4.21. The first-order valence-electron chi connectivity index (χ1n) is 5.09. The first-order chi connectivity index (χ1) is 7.25. The van der Waals surface area contributed by atoms with E-state index >= 15 is 0 Å². The second kappa shape index (κ2) is 4.31. The van der Waals surface area contributed by atoms with Crippen molar-refractivity contribution in [3.8, 4) is 0 Å². The molecule has 2 rings (SSSR count). The lowest BCUT2D eigenvalue weighted by molar-refractivity contribution is 0.550. The molecule has 0 radical (unpaired) electrons. The minimum atomic E-state index is 0.250. The highest BCUT2D eigenvalue weighted by molar-refractivity contribution is 5.10. The Morgan fingerprint density at radius 3 is 3.07 bits per heavy atom. The number of aromatic amines is 1.